The summed E-state index contributed by atoms with van der Waals surface area (Å²) in [7, 11) is 0. The Morgan fingerprint density at radius 2 is 2.00 bits per heavy atom. The Bertz CT molecular complexity index is 335. The number of nitrogens with zero attached hydrogens (tertiary/aromatic N) is 1. The fourth-order valence-electron chi connectivity index (χ4n) is 2.29. The number of unbranched alkanes of at least 4 members (excludes halogenated alkanes) is 1. The highest BCUT2D eigenvalue weighted by Gasteiger charge is 2.08. The van der Waals surface area contributed by atoms with Crippen molar-refractivity contribution in [2.24, 2.45) is 0 Å². The minimum absolute atomic E-state index is 0.851. The van der Waals surface area contributed by atoms with E-state index in [4.69, 9.17) is 11.6 Å². The maximum absolute atomic E-state index is 5.96. The van der Waals surface area contributed by atoms with E-state index in [1.807, 2.05) is 12.1 Å². The van der Waals surface area contributed by atoms with Gasteiger partial charge in [0.1, 0.15) is 0 Å². The van der Waals surface area contributed by atoms with E-state index in [0.29, 0.717) is 0 Å². The molecule has 1 fully saturated rings. The van der Waals surface area contributed by atoms with Crippen LogP contribution in [0.4, 0.5) is 0 Å². The van der Waals surface area contributed by atoms with Crippen molar-refractivity contribution in [3.8, 4) is 0 Å². The lowest BCUT2D eigenvalue weighted by Crippen LogP contribution is -2.43. The molecule has 1 aromatic rings. The van der Waals surface area contributed by atoms with E-state index in [9.17, 15) is 0 Å². The molecular formula is C14H21ClN2. The summed E-state index contributed by atoms with van der Waals surface area (Å²) in [5.41, 5.74) is 1.36. The molecule has 2 nitrogen and oxygen atoms in total. The van der Waals surface area contributed by atoms with Crippen molar-refractivity contribution in [2.45, 2.75) is 19.3 Å². The van der Waals surface area contributed by atoms with Gasteiger partial charge in [-0.3, -0.25) is 0 Å². The molecule has 1 N–H and O–H groups in total. The zero-order chi connectivity index (χ0) is 11.9. The second-order valence-corrected chi connectivity index (χ2v) is 5.12. The molecule has 1 heterocycles. The van der Waals surface area contributed by atoms with E-state index in [1.54, 1.807) is 0 Å². The van der Waals surface area contributed by atoms with Crippen LogP contribution >= 0.6 is 11.6 Å². The average Bonchev–Trinajstić information content (AvgIpc) is 2.36. The molecule has 0 bridgehead atoms. The van der Waals surface area contributed by atoms with Crippen LogP contribution in [0.2, 0.25) is 5.02 Å². The van der Waals surface area contributed by atoms with Crippen LogP contribution in [-0.2, 0) is 6.42 Å². The Morgan fingerprint density at radius 1 is 1.18 bits per heavy atom. The average molecular weight is 253 g/mol. The van der Waals surface area contributed by atoms with Gasteiger partial charge in [-0.25, -0.2) is 0 Å². The van der Waals surface area contributed by atoms with Crippen LogP contribution in [0.25, 0.3) is 0 Å². The van der Waals surface area contributed by atoms with Gasteiger partial charge in [-0.05, 0) is 43.5 Å². The first kappa shape index (κ1) is 12.9. The largest absolute Gasteiger partial charge is 0.314 e. The second kappa shape index (κ2) is 7.00. The number of hydrogen-bond acceptors (Lipinski definition) is 2. The van der Waals surface area contributed by atoms with Gasteiger partial charge >= 0.3 is 0 Å². The van der Waals surface area contributed by atoms with Gasteiger partial charge in [0.25, 0.3) is 0 Å². The normalized spacial score (nSPS) is 17.2. The minimum atomic E-state index is 0.851. The van der Waals surface area contributed by atoms with Gasteiger partial charge in [-0.2, -0.15) is 0 Å². The van der Waals surface area contributed by atoms with Gasteiger partial charge in [-0.15, -0.1) is 0 Å². The van der Waals surface area contributed by atoms with Gasteiger partial charge < -0.3 is 10.2 Å². The van der Waals surface area contributed by atoms with Crippen LogP contribution in [0.1, 0.15) is 18.4 Å². The lowest BCUT2D eigenvalue weighted by molar-refractivity contribution is 0.237. The van der Waals surface area contributed by atoms with Crippen LogP contribution in [0.15, 0.2) is 24.3 Å². The van der Waals surface area contributed by atoms with Crippen molar-refractivity contribution in [2.75, 3.05) is 32.7 Å². The molecule has 1 aliphatic heterocycles. The molecule has 94 valence electrons. The summed E-state index contributed by atoms with van der Waals surface area (Å²) in [5.74, 6) is 0. The van der Waals surface area contributed by atoms with Crippen molar-refractivity contribution < 1.29 is 0 Å². The topological polar surface area (TPSA) is 15.3 Å². The third-order valence-corrected chi connectivity index (χ3v) is 3.52. The fraction of sp³-hybridized carbons (Fsp3) is 0.571. The molecular weight excluding hydrogens is 232 g/mol. The smallest absolute Gasteiger partial charge is 0.0408 e. The van der Waals surface area contributed by atoms with E-state index in [1.165, 1.54) is 38.0 Å². The van der Waals surface area contributed by atoms with Crippen LogP contribution in [0, 0.1) is 0 Å². The molecule has 0 aliphatic carbocycles. The second-order valence-electron chi connectivity index (χ2n) is 4.68. The summed E-state index contributed by atoms with van der Waals surface area (Å²) < 4.78 is 0. The first-order valence-corrected chi connectivity index (χ1v) is 6.90. The van der Waals surface area contributed by atoms with Crippen molar-refractivity contribution in [3.05, 3.63) is 34.9 Å². The number of benzene rings is 1. The molecule has 0 spiro atoms. The predicted octanol–water partition coefficient (Wildman–Crippen LogP) is 2.57. The first-order chi connectivity index (χ1) is 8.34. The molecule has 17 heavy (non-hydrogen) atoms. The summed E-state index contributed by atoms with van der Waals surface area (Å²) in [6.45, 7) is 5.94. The monoisotopic (exact) mass is 252 g/mol. The molecule has 0 atom stereocenters. The molecule has 0 aromatic heterocycles. The standard InChI is InChI=1S/C14H21ClN2/c15-14-6-3-5-13(12-14)4-1-2-9-17-10-7-16-8-11-17/h3,5-6,12,16H,1-2,4,7-11H2. The third kappa shape index (κ3) is 4.66. The highest BCUT2D eigenvalue weighted by atomic mass is 35.5. The lowest BCUT2D eigenvalue weighted by Gasteiger charge is -2.27. The molecule has 0 unspecified atom stereocenters. The summed E-state index contributed by atoms with van der Waals surface area (Å²) in [4.78, 5) is 2.55. The summed E-state index contributed by atoms with van der Waals surface area (Å²) >= 11 is 5.96. The highest BCUT2D eigenvalue weighted by molar-refractivity contribution is 6.30. The molecule has 1 saturated heterocycles. The maximum atomic E-state index is 5.96. The number of halogens is 1. The van der Waals surface area contributed by atoms with Crippen molar-refractivity contribution in [1.82, 2.24) is 10.2 Å². The van der Waals surface area contributed by atoms with Gasteiger partial charge in [0.15, 0.2) is 0 Å². The minimum Gasteiger partial charge on any atom is -0.314 e. The maximum Gasteiger partial charge on any atom is 0.0408 e. The Kier molecular flexibility index (Phi) is 5.30. The highest BCUT2D eigenvalue weighted by Crippen LogP contribution is 2.13. The number of aryl methyl sites for hydroxylation is 1. The Morgan fingerprint density at radius 3 is 2.76 bits per heavy atom. The SMILES string of the molecule is Clc1cccc(CCCCN2CCNCC2)c1. The van der Waals surface area contributed by atoms with Crippen molar-refractivity contribution >= 4 is 11.6 Å². The first-order valence-electron chi connectivity index (χ1n) is 6.52. The van der Waals surface area contributed by atoms with E-state index in [-0.39, 0.29) is 0 Å². The molecule has 0 radical (unpaired) electrons. The van der Waals surface area contributed by atoms with E-state index < -0.39 is 0 Å². The number of piperazine rings is 1. The van der Waals surface area contributed by atoms with E-state index in [2.05, 4.69) is 22.3 Å². The quantitative estimate of drug-likeness (QED) is 0.811. The molecule has 3 heteroatoms. The van der Waals surface area contributed by atoms with Crippen LogP contribution < -0.4 is 5.32 Å². The zero-order valence-corrected chi connectivity index (χ0v) is 11.0. The van der Waals surface area contributed by atoms with Gasteiger partial charge in [0.05, 0.1) is 0 Å². The Labute approximate surface area is 109 Å². The third-order valence-electron chi connectivity index (χ3n) is 3.29. The van der Waals surface area contributed by atoms with Crippen LogP contribution in [0.5, 0.6) is 0 Å². The van der Waals surface area contributed by atoms with Crippen molar-refractivity contribution in [1.29, 1.82) is 0 Å². The van der Waals surface area contributed by atoms with E-state index >= 15 is 0 Å². The number of hydrogen-bond donors (Lipinski definition) is 1. The molecule has 1 aromatic carbocycles. The summed E-state index contributed by atoms with van der Waals surface area (Å²) in [6, 6.07) is 8.21. The van der Waals surface area contributed by atoms with Gasteiger partial charge in [0, 0.05) is 31.2 Å². The zero-order valence-electron chi connectivity index (χ0n) is 10.3. The molecule has 0 amide bonds. The fourth-order valence-corrected chi connectivity index (χ4v) is 2.50. The van der Waals surface area contributed by atoms with Crippen LogP contribution in [-0.4, -0.2) is 37.6 Å². The number of rotatable bonds is 5. The number of nitrogens with one attached hydrogen (secondary N) is 1. The van der Waals surface area contributed by atoms with Gasteiger partial charge in [-0.1, -0.05) is 23.7 Å². The van der Waals surface area contributed by atoms with E-state index in [0.717, 1.165) is 24.5 Å². The Balaban J connectivity index is 1.62. The predicted molar refractivity (Wildman–Crippen MR) is 73.7 cm³/mol. The van der Waals surface area contributed by atoms with Gasteiger partial charge in [0.2, 0.25) is 0 Å². The van der Waals surface area contributed by atoms with Crippen molar-refractivity contribution in [3.63, 3.8) is 0 Å². The molecule has 2 rings (SSSR count). The summed E-state index contributed by atoms with van der Waals surface area (Å²) in [6.07, 6.45) is 3.68. The van der Waals surface area contributed by atoms with Crippen LogP contribution in [0.3, 0.4) is 0 Å². The molecule has 1 aliphatic rings. The lowest BCUT2D eigenvalue weighted by atomic mass is 10.1. The molecule has 0 saturated carbocycles. The summed E-state index contributed by atoms with van der Waals surface area (Å²) in [5, 5.41) is 4.23. The Hall–Kier alpha value is -0.570.